The van der Waals surface area contributed by atoms with E-state index in [9.17, 15) is 26.4 Å². The number of nitrogens with one attached hydrogen (secondary N) is 2. The molecule has 0 radical (unpaired) electrons. The highest BCUT2D eigenvalue weighted by atomic mass is 35.5. The topological polar surface area (TPSA) is 75.3 Å². The Kier molecular flexibility index (Phi) is 7.08. The van der Waals surface area contributed by atoms with Gasteiger partial charge in [0.2, 0.25) is 15.9 Å². The molecule has 0 saturated heterocycles. The van der Waals surface area contributed by atoms with Gasteiger partial charge in [0.05, 0.1) is 15.5 Å². The summed E-state index contributed by atoms with van der Waals surface area (Å²) in [6.45, 7) is 1.94. The van der Waals surface area contributed by atoms with Crippen LogP contribution >= 0.6 is 11.6 Å². The normalized spacial score (nSPS) is 12.0. The number of aryl methyl sites for hydroxylation is 1. The van der Waals surface area contributed by atoms with Crippen molar-refractivity contribution in [2.45, 2.75) is 30.8 Å². The van der Waals surface area contributed by atoms with Crippen molar-refractivity contribution in [1.82, 2.24) is 4.72 Å². The number of rotatable bonds is 7. The lowest BCUT2D eigenvalue weighted by Crippen LogP contribution is -2.23. The molecular weight excluding hydrogens is 417 g/mol. The minimum absolute atomic E-state index is 0.00573. The van der Waals surface area contributed by atoms with Gasteiger partial charge in [0.15, 0.2) is 0 Å². The summed E-state index contributed by atoms with van der Waals surface area (Å²) in [7, 11) is -3.55. The van der Waals surface area contributed by atoms with Crippen molar-refractivity contribution < 1.29 is 26.4 Å². The summed E-state index contributed by atoms with van der Waals surface area (Å²) in [5.74, 6) is -0.472. The standard InChI is InChI=1S/C18H18ClF3N2O3S/c1-2-23-28(26,27)14-7-3-12(4-8-14)5-10-17(25)24-13-6-9-16(19)15(11-13)18(20,21)22/h3-4,6-9,11,23H,2,5,10H2,1H3,(H,24,25). The molecule has 0 atom stereocenters. The van der Waals surface area contributed by atoms with Crippen molar-refractivity contribution in [2.24, 2.45) is 0 Å². The minimum Gasteiger partial charge on any atom is -0.326 e. The lowest BCUT2D eigenvalue weighted by atomic mass is 10.1. The quantitative estimate of drug-likeness (QED) is 0.684. The van der Waals surface area contributed by atoms with Crippen LogP contribution in [0.15, 0.2) is 47.4 Å². The Morgan fingerprint density at radius 2 is 1.75 bits per heavy atom. The number of halogens is 4. The molecule has 0 aromatic heterocycles. The fourth-order valence-electron chi connectivity index (χ4n) is 2.41. The van der Waals surface area contributed by atoms with Crippen LogP contribution < -0.4 is 10.0 Å². The molecule has 10 heteroatoms. The Balaban J connectivity index is 1.98. The van der Waals surface area contributed by atoms with Gasteiger partial charge in [0, 0.05) is 18.7 Å². The molecular formula is C18H18ClF3N2O3S. The van der Waals surface area contributed by atoms with E-state index in [0.717, 1.165) is 17.7 Å². The van der Waals surface area contributed by atoms with Gasteiger partial charge in [-0.25, -0.2) is 13.1 Å². The Hall–Kier alpha value is -2.10. The number of hydrogen-bond donors (Lipinski definition) is 2. The van der Waals surface area contributed by atoms with Gasteiger partial charge in [0.1, 0.15) is 0 Å². The molecule has 0 aliphatic rings. The van der Waals surface area contributed by atoms with Crippen LogP contribution in [0, 0.1) is 0 Å². The first kappa shape index (κ1) is 22.2. The highest BCUT2D eigenvalue weighted by Crippen LogP contribution is 2.36. The molecule has 2 aromatic carbocycles. The molecule has 0 bridgehead atoms. The molecule has 2 rings (SSSR count). The van der Waals surface area contributed by atoms with E-state index in [0.29, 0.717) is 6.42 Å². The first-order valence-electron chi connectivity index (χ1n) is 8.28. The molecule has 152 valence electrons. The van der Waals surface area contributed by atoms with Gasteiger partial charge >= 0.3 is 6.18 Å². The zero-order valence-corrected chi connectivity index (χ0v) is 16.4. The second-order valence-corrected chi connectivity index (χ2v) is 8.06. The molecule has 0 fully saturated rings. The average molecular weight is 435 g/mol. The number of anilines is 1. The van der Waals surface area contributed by atoms with Gasteiger partial charge in [-0.15, -0.1) is 0 Å². The summed E-state index contributed by atoms with van der Waals surface area (Å²) in [4.78, 5) is 12.1. The van der Waals surface area contributed by atoms with Gasteiger partial charge in [-0.05, 0) is 42.3 Å². The number of amides is 1. The fourth-order valence-corrected chi connectivity index (χ4v) is 3.68. The summed E-state index contributed by atoms with van der Waals surface area (Å²) in [6, 6.07) is 9.17. The van der Waals surface area contributed by atoms with Crippen LogP contribution in [-0.2, 0) is 27.4 Å². The van der Waals surface area contributed by atoms with Crippen molar-refractivity contribution in [3.63, 3.8) is 0 Å². The lowest BCUT2D eigenvalue weighted by molar-refractivity contribution is -0.137. The zero-order chi connectivity index (χ0) is 20.9. The van der Waals surface area contributed by atoms with Gasteiger partial charge in [-0.2, -0.15) is 13.2 Å². The Morgan fingerprint density at radius 1 is 1.11 bits per heavy atom. The van der Waals surface area contributed by atoms with Crippen molar-refractivity contribution in [3.05, 3.63) is 58.6 Å². The molecule has 2 aromatic rings. The number of carbonyl (C=O) groups excluding carboxylic acids is 1. The first-order valence-corrected chi connectivity index (χ1v) is 10.1. The van der Waals surface area contributed by atoms with Crippen molar-refractivity contribution >= 4 is 33.2 Å². The minimum atomic E-state index is -4.62. The third-order valence-corrected chi connectivity index (χ3v) is 5.66. The van der Waals surface area contributed by atoms with Crippen LogP contribution in [-0.4, -0.2) is 20.9 Å². The molecule has 1 amide bonds. The average Bonchev–Trinajstić information content (AvgIpc) is 2.61. The van der Waals surface area contributed by atoms with Crippen LogP contribution in [0.1, 0.15) is 24.5 Å². The molecule has 0 aliphatic heterocycles. The highest BCUT2D eigenvalue weighted by Gasteiger charge is 2.33. The van der Waals surface area contributed by atoms with Crippen molar-refractivity contribution in [3.8, 4) is 0 Å². The van der Waals surface area contributed by atoms with E-state index in [1.165, 1.54) is 18.2 Å². The van der Waals surface area contributed by atoms with Crippen LogP contribution in [0.5, 0.6) is 0 Å². The lowest BCUT2D eigenvalue weighted by Gasteiger charge is -2.12. The second-order valence-electron chi connectivity index (χ2n) is 5.89. The predicted octanol–water partition coefficient (Wildman–Crippen LogP) is 4.23. The summed E-state index contributed by atoms with van der Waals surface area (Å²) in [5.41, 5.74) is -0.309. The molecule has 28 heavy (non-hydrogen) atoms. The van der Waals surface area contributed by atoms with E-state index >= 15 is 0 Å². The van der Waals surface area contributed by atoms with E-state index < -0.39 is 32.7 Å². The van der Waals surface area contributed by atoms with E-state index in [4.69, 9.17) is 11.6 Å². The third kappa shape index (κ3) is 5.95. The molecule has 0 spiro atoms. The Labute approximate surface area is 166 Å². The van der Waals surface area contributed by atoms with E-state index in [1.807, 2.05) is 0 Å². The second kappa shape index (κ2) is 8.93. The largest absolute Gasteiger partial charge is 0.417 e. The Morgan fingerprint density at radius 3 is 2.32 bits per heavy atom. The monoisotopic (exact) mass is 434 g/mol. The number of hydrogen-bond acceptors (Lipinski definition) is 3. The first-order chi connectivity index (χ1) is 13.0. The number of carbonyl (C=O) groups is 1. The maximum absolute atomic E-state index is 12.9. The fraction of sp³-hybridized carbons (Fsp3) is 0.278. The number of alkyl halides is 3. The molecule has 0 aliphatic carbocycles. The molecule has 2 N–H and O–H groups in total. The Bertz CT molecular complexity index is 946. The highest BCUT2D eigenvalue weighted by molar-refractivity contribution is 7.89. The van der Waals surface area contributed by atoms with E-state index in [1.54, 1.807) is 19.1 Å². The summed E-state index contributed by atoms with van der Waals surface area (Å²) in [6.07, 6.45) is -4.30. The van der Waals surface area contributed by atoms with Gasteiger partial charge in [0.25, 0.3) is 0 Å². The van der Waals surface area contributed by atoms with Gasteiger partial charge < -0.3 is 5.32 Å². The number of benzene rings is 2. The molecule has 0 heterocycles. The van der Waals surface area contributed by atoms with E-state index in [2.05, 4.69) is 10.0 Å². The third-order valence-electron chi connectivity index (χ3n) is 3.76. The molecule has 5 nitrogen and oxygen atoms in total. The predicted molar refractivity (Wildman–Crippen MR) is 101 cm³/mol. The summed E-state index contributed by atoms with van der Waals surface area (Å²) in [5, 5.41) is 1.95. The molecule has 0 saturated carbocycles. The SMILES string of the molecule is CCNS(=O)(=O)c1ccc(CCC(=O)Nc2ccc(Cl)c(C(F)(F)F)c2)cc1. The van der Waals surface area contributed by atoms with Gasteiger partial charge in [-0.1, -0.05) is 30.7 Å². The maximum atomic E-state index is 12.9. The zero-order valence-electron chi connectivity index (χ0n) is 14.8. The smallest absolute Gasteiger partial charge is 0.326 e. The number of sulfonamides is 1. The summed E-state index contributed by atoms with van der Waals surface area (Å²) >= 11 is 5.54. The summed E-state index contributed by atoms with van der Waals surface area (Å²) < 4.78 is 64.7. The van der Waals surface area contributed by atoms with Crippen LogP contribution in [0.4, 0.5) is 18.9 Å². The van der Waals surface area contributed by atoms with Crippen LogP contribution in [0.25, 0.3) is 0 Å². The van der Waals surface area contributed by atoms with Crippen molar-refractivity contribution in [2.75, 3.05) is 11.9 Å². The van der Waals surface area contributed by atoms with E-state index in [-0.39, 0.29) is 23.5 Å². The maximum Gasteiger partial charge on any atom is 0.417 e. The van der Waals surface area contributed by atoms with Crippen LogP contribution in [0.2, 0.25) is 5.02 Å². The van der Waals surface area contributed by atoms with Crippen molar-refractivity contribution in [1.29, 1.82) is 0 Å². The molecule has 0 unspecified atom stereocenters. The van der Waals surface area contributed by atoms with Crippen LogP contribution in [0.3, 0.4) is 0 Å². The van der Waals surface area contributed by atoms with Gasteiger partial charge in [-0.3, -0.25) is 4.79 Å².